The molecule has 0 unspecified atom stereocenters. The largest absolute Gasteiger partial charge is 0.484 e. The number of methoxy groups -OCH3 is 1. The topological polar surface area (TPSA) is 36.9 Å². The van der Waals surface area contributed by atoms with Crippen LogP contribution in [0.1, 0.15) is 6.92 Å². The molecular formula is C22H28O4S2. The van der Waals surface area contributed by atoms with Crippen molar-refractivity contribution in [1.82, 2.24) is 0 Å². The van der Waals surface area contributed by atoms with E-state index in [1.807, 2.05) is 24.3 Å². The summed E-state index contributed by atoms with van der Waals surface area (Å²) in [6.45, 7) is 6.25. The van der Waals surface area contributed by atoms with E-state index in [0.29, 0.717) is 6.61 Å². The van der Waals surface area contributed by atoms with Gasteiger partial charge in [0, 0.05) is 12.5 Å². The first-order valence-electron chi connectivity index (χ1n) is 9.26. The minimum absolute atomic E-state index is 0.0917. The van der Waals surface area contributed by atoms with Crippen LogP contribution < -0.4 is 4.74 Å². The SMILES string of the molecule is C=CCO[C@H]1[C@@H](OC)O[C@H](C)C(SC)(SC)[C@@H]1Oc1cccc2ccccc12. The van der Waals surface area contributed by atoms with E-state index in [4.69, 9.17) is 18.9 Å². The summed E-state index contributed by atoms with van der Waals surface area (Å²) in [5.41, 5.74) is 0. The van der Waals surface area contributed by atoms with E-state index in [1.54, 1.807) is 36.7 Å². The summed E-state index contributed by atoms with van der Waals surface area (Å²) in [6, 6.07) is 14.4. The minimum atomic E-state index is -0.512. The van der Waals surface area contributed by atoms with Gasteiger partial charge in [-0.05, 0) is 30.9 Å². The molecule has 1 fully saturated rings. The molecular weight excluding hydrogens is 392 g/mol. The second-order valence-corrected chi connectivity index (χ2v) is 9.04. The number of rotatable bonds is 8. The van der Waals surface area contributed by atoms with Crippen LogP contribution in [-0.2, 0) is 14.2 Å². The van der Waals surface area contributed by atoms with Crippen LogP contribution in [0.25, 0.3) is 10.8 Å². The van der Waals surface area contributed by atoms with Crippen molar-refractivity contribution in [3.63, 3.8) is 0 Å². The molecule has 0 aliphatic carbocycles. The fourth-order valence-corrected chi connectivity index (χ4v) is 6.01. The Balaban J connectivity index is 2.06. The van der Waals surface area contributed by atoms with Crippen LogP contribution in [0.5, 0.6) is 5.75 Å². The molecule has 2 aromatic carbocycles. The predicted molar refractivity (Wildman–Crippen MR) is 119 cm³/mol. The Morgan fingerprint density at radius 2 is 1.86 bits per heavy atom. The number of hydrogen-bond donors (Lipinski definition) is 0. The monoisotopic (exact) mass is 420 g/mol. The molecule has 1 heterocycles. The van der Waals surface area contributed by atoms with Crippen LogP contribution in [0.4, 0.5) is 0 Å². The lowest BCUT2D eigenvalue weighted by atomic mass is 10.0. The highest BCUT2D eigenvalue weighted by Gasteiger charge is 2.57. The van der Waals surface area contributed by atoms with Crippen LogP contribution in [0.3, 0.4) is 0 Å². The molecule has 1 aliphatic heterocycles. The quantitative estimate of drug-likeness (QED) is 0.443. The second kappa shape index (κ2) is 9.55. The van der Waals surface area contributed by atoms with Crippen molar-refractivity contribution < 1.29 is 18.9 Å². The summed E-state index contributed by atoms with van der Waals surface area (Å²) in [4.78, 5) is 0. The maximum Gasteiger partial charge on any atom is 0.187 e. The van der Waals surface area contributed by atoms with Gasteiger partial charge >= 0.3 is 0 Å². The maximum atomic E-state index is 6.72. The molecule has 6 heteroatoms. The third-order valence-electron chi connectivity index (χ3n) is 5.15. The van der Waals surface area contributed by atoms with Crippen molar-refractivity contribution in [1.29, 1.82) is 0 Å². The number of ether oxygens (including phenoxy) is 4. The standard InChI is InChI=1S/C22H28O4S2/c1-6-14-24-19-20(22(27-4,28-5)15(2)25-21(19)23-3)26-18-13-9-11-16-10-7-8-12-17(16)18/h6-13,15,19-21H,1,14H2,2-5H3/t15-,19-,20-,21+/m1/s1. The molecule has 0 radical (unpaired) electrons. The Morgan fingerprint density at radius 3 is 2.54 bits per heavy atom. The van der Waals surface area contributed by atoms with Gasteiger partial charge in [-0.15, -0.1) is 30.1 Å². The van der Waals surface area contributed by atoms with Gasteiger partial charge in [0.05, 0.1) is 12.7 Å². The van der Waals surface area contributed by atoms with Gasteiger partial charge in [-0.2, -0.15) is 0 Å². The highest BCUT2D eigenvalue weighted by molar-refractivity contribution is 8.17. The average Bonchev–Trinajstić information content (AvgIpc) is 2.73. The van der Waals surface area contributed by atoms with Gasteiger partial charge in [0.25, 0.3) is 0 Å². The van der Waals surface area contributed by atoms with E-state index < -0.39 is 12.4 Å². The molecule has 4 atom stereocenters. The molecule has 3 rings (SSSR count). The van der Waals surface area contributed by atoms with E-state index in [0.717, 1.165) is 16.5 Å². The molecule has 0 N–H and O–H groups in total. The fraction of sp³-hybridized carbons (Fsp3) is 0.455. The van der Waals surface area contributed by atoms with Crippen LogP contribution in [0.2, 0.25) is 0 Å². The predicted octanol–water partition coefficient (Wildman–Crippen LogP) is 4.97. The first-order valence-corrected chi connectivity index (χ1v) is 11.7. The van der Waals surface area contributed by atoms with Crippen LogP contribution in [0, 0.1) is 0 Å². The third kappa shape index (κ3) is 3.94. The molecule has 0 saturated carbocycles. The molecule has 2 aromatic rings. The lowest BCUT2D eigenvalue weighted by Gasteiger charge is -2.51. The normalized spacial score (nSPS) is 26.9. The van der Waals surface area contributed by atoms with Gasteiger partial charge in [-0.3, -0.25) is 0 Å². The number of hydrogen-bond acceptors (Lipinski definition) is 6. The summed E-state index contributed by atoms with van der Waals surface area (Å²) < 4.78 is 24.3. The smallest absolute Gasteiger partial charge is 0.187 e. The third-order valence-corrected chi connectivity index (χ3v) is 8.55. The van der Waals surface area contributed by atoms with E-state index in [1.165, 1.54) is 0 Å². The summed E-state index contributed by atoms with van der Waals surface area (Å²) in [5, 5.41) is 2.22. The zero-order valence-corrected chi connectivity index (χ0v) is 18.4. The molecule has 152 valence electrons. The van der Waals surface area contributed by atoms with Crippen molar-refractivity contribution >= 4 is 34.3 Å². The Hall–Kier alpha value is -1.18. The number of fused-ring (bicyclic) bond motifs is 1. The molecule has 0 bridgehead atoms. The van der Waals surface area contributed by atoms with Crippen molar-refractivity contribution in [2.75, 3.05) is 26.2 Å². The summed E-state index contributed by atoms with van der Waals surface area (Å²) in [5.74, 6) is 0.840. The molecule has 1 aliphatic rings. The van der Waals surface area contributed by atoms with Crippen molar-refractivity contribution in [3.8, 4) is 5.75 Å². The van der Waals surface area contributed by atoms with E-state index in [2.05, 4.69) is 44.2 Å². The van der Waals surface area contributed by atoms with Gasteiger partial charge in [0.15, 0.2) is 12.4 Å². The van der Waals surface area contributed by atoms with E-state index in [9.17, 15) is 0 Å². The van der Waals surface area contributed by atoms with Gasteiger partial charge in [0.1, 0.15) is 15.9 Å². The number of benzene rings is 2. The molecule has 1 saturated heterocycles. The zero-order valence-electron chi connectivity index (χ0n) is 16.8. The van der Waals surface area contributed by atoms with Gasteiger partial charge < -0.3 is 18.9 Å². The second-order valence-electron chi connectivity index (χ2n) is 6.61. The minimum Gasteiger partial charge on any atom is -0.484 e. The zero-order chi connectivity index (χ0) is 20.1. The summed E-state index contributed by atoms with van der Waals surface area (Å²) >= 11 is 3.47. The Morgan fingerprint density at radius 1 is 1.14 bits per heavy atom. The fourth-order valence-electron chi connectivity index (χ4n) is 3.74. The molecule has 4 nitrogen and oxygen atoms in total. The van der Waals surface area contributed by atoms with Gasteiger partial charge in [-0.1, -0.05) is 42.5 Å². The molecule has 0 amide bonds. The molecule has 0 aromatic heterocycles. The van der Waals surface area contributed by atoms with Gasteiger partial charge in [-0.25, -0.2) is 0 Å². The summed E-state index contributed by atoms with van der Waals surface area (Å²) in [7, 11) is 1.64. The average molecular weight is 421 g/mol. The Labute approximate surface area is 175 Å². The van der Waals surface area contributed by atoms with Crippen LogP contribution in [0.15, 0.2) is 55.1 Å². The number of thioether (sulfide) groups is 2. The lowest BCUT2D eigenvalue weighted by Crippen LogP contribution is -2.64. The molecule has 0 spiro atoms. The Bertz CT molecular complexity index is 788. The van der Waals surface area contributed by atoms with Gasteiger partial charge in [0.2, 0.25) is 0 Å². The Kier molecular flexibility index (Phi) is 7.34. The van der Waals surface area contributed by atoms with Crippen molar-refractivity contribution in [2.24, 2.45) is 0 Å². The molecule has 28 heavy (non-hydrogen) atoms. The first kappa shape index (κ1) is 21.5. The van der Waals surface area contributed by atoms with Crippen LogP contribution >= 0.6 is 23.5 Å². The van der Waals surface area contributed by atoms with Crippen LogP contribution in [-0.4, -0.2) is 54.9 Å². The summed E-state index contributed by atoms with van der Waals surface area (Å²) in [6.07, 6.45) is 4.64. The van der Waals surface area contributed by atoms with Crippen molar-refractivity contribution in [3.05, 3.63) is 55.1 Å². The van der Waals surface area contributed by atoms with Crippen molar-refractivity contribution in [2.45, 2.75) is 35.6 Å². The van der Waals surface area contributed by atoms with E-state index in [-0.39, 0.29) is 16.3 Å². The maximum absolute atomic E-state index is 6.72. The highest BCUT2D eigenvalue weighted by atomic mass is 32.2. The van der Waals surface area contributed by atoms with E-state index >= 15 is 0 Å². The lowest BCUT2D eigenvalue weighted by molar-refractivity contribution is -0.261. The highest BCUT2D eigenvalue weighted by Crippen LogP contribution is 2.49. The first-order chi connectivity index (χ1) is 13.6.